The summed E-state index contributed by atoms with van der Waals surface area (Å²) < 4.78 is 9.50. The molecule has 4 nitrogen and oxygen atoms in total. The van der Waals surface area contributed by atoms with Gasteiger partial charge in [-0.2, -0.15) is 0 Å². The number of rotatable bonds is 7. The Morgan fingerprint density at radius 2 is 0.887 bits per heavy atom. The van der Waals surface area contributed by atoms with Gasteiger partial charge in [0.2, 0.25) is 0 Å². The summed E-state index contributed by atoms with van der Waals surface area (Å²) in [4.78, 5) is 4.72. The fraction of sp³-hybridized carbons (Fsp3) is 0. The number of benzene rings is 10. The van der Waals surface area contributed by atoms with Gasteiger partial charge in [-0.25, -0.2) is 0 Å². The van der Waals surface area contributed by atoms with E-state index < -0.39 is 0 Å². The number of ether oxygens (including phenoxy) is 1. The number of hydrogen-bond donors (Lipinski definition) is 0. The third kappa shape index (κ3) is 5.84. The molecule has 0 saturated carbocycles. The molecule has 2 heterocycles. The minimum atomic E-state index is 0.798. The zero-order valence-corrected chi connectivity index (χ0v) is 33.8. The number of nitrogens with zero attached hydrogens (tertiary/aromatic N) is 3. The van der Waals surface area contributed by atoms with Crippen LogP contribution in [-0.2, 0) is 0 Å². The number of para-hydroxylation sites is 4. The normalized spacial score (nSPS) is 12.0. The molecule has 1 aliphatic rings. The van der Waals surface area contributed by atoms with Crippen molar-refractivity contribution in [3.05, 3.63) is 237 Å². The van der Waals surface area contributed by atoms with E-state index in [1.54, 1.807) is 0 Å². The largest absolute Gasteiger partial charge is 0.450 e. The SMILES string of the molecule is c1ccc(N2c3ccccc3Oc3c2n(-c2ccccc2)c2cccc(N(c4ccc(-c5cccc6ccccc56)cc4)c4ccc(-c5cccc6ccccc56)cc4)c32)cc1. The molecule has 12 rings (SSSR count). The van der Waals surface area contributed by atoms with Crippen molar-refractivity contribution >= 4 is 66.7 Å². The number of anilines is 6. The lowest BCUT2D eigenvalue weighted by atomic mass is 9.97. The van der Waals surface area contributed by atoms with Gasteiger partial charge in [0.05, 0.1) is 22.3 Å². The van der Waals surface area contributed by atoms with E-state index in [1.807, 2.05) is 6.07 Å². The fourth-order valence-electron chi connectivity index (χ4n) is 9.35. The predicted molar refractivity (Wildman–Crippen MR) is 259 cm³/mol. The van der Waals surface area contributed by atoms with Gasteiger partial charge in [-0.3, -0.25) is 9.47 Å². The first-order chi connectivity index (χ1) is 30.8. The van der Waals surface area contributed by atoms with Crippen LogP contribution in [0.4, 0.5) is 34.3 Å². The number of aromatic nitrogens is 1. The zero-order chi connectivity index (χ0) is 41.0. The molecular formula is C58H39N3O. The molecule has 0 radical (unpaired) electrons. The second-order valence-electron chi connectivity index (χ2n) is 15.7. The molecule has 0 N–H and O–H groups in total. The maximum absolute atomic E-state index is 7.15. The van der Waals surface area contributed by atoms with Crippen LogP contribution in [0.1, 0.15) is 0 Å². The molecule has 1 aromatic heterocycles. The van der Waals surface area contributed by atoms with Gasteiger partial charge >= 0.3 is 0 Å². The Morgan fingerprint density at radius 3 is 1.50 bits per heavy atom. The summed E-state index contributed by atoms with van der Waals surface area (Å²) in [7, 11) is 0. The first kappa shape index (κ1) is 35.6. The van der Waals surface area contributed by atoms with Crippen molar-refractivity contribution in [3.63, 3.8) is 0 Å². The van der Waals surface area contributed by atoms with Crippen molar-refractivity contribution in [2.45, 2.75) is 0 Å². The molecule has 10 aromatic carbocycles. The molecule has 0 saturated heterocycles. The van der Waals surface area contributed by atoms with E-state index in [0.717, 1.165) is 62.3 Å². The van der Waals surface area contributed by atoms with Crippen LogP contribution in [-0.4, -0.2) is 4.57 Å². The van der Waals surface area contributed by atoms with Gasteiger partial charge in [-0.15, -0.1) is 0 Å². The van der Waals surface area contributed by atoms with Crippen molar-refractivity contribution in [2.24, 2.45) is 0 Å². The van der Waals surface area contributed by atoms with E-state index in [4.69, 9.17) is 4.74 Å². The molecule has 0 atom stereocenters. The molecule has 1 aliphatic heterocycles. The van der Waals surface area contributed by atoms with Crippen LogP contribution >= 0.6 is 0 Å². The minimum Gasteiger partial charge on any atom is -0.450 e. The van der Waals surface area contributed by atoms with Gasteiger partial charge in [0.25, 0.3) is 0 Å². The number of hydrogen-bond acceptors (Lipinski definition) is 3. The van der Waals surface area contributed by atoms with Crippen LogP contribution in [0.5, 0.6) is 11.5 Å². The molecule has 11 aromatic rings. The van der Waals surface area contributed by atoms with Gasteiger partial charge < -0.3 is 9.64 Å². The van der Waals surface area contributed by atoms with E-state index in [2.05, 4.69) is 245 Å². The Bertz CT molecular complexity index is 3300. The first-order valence-electron chi connectivity index (χ1n) is 21.1. The molecule has 0 fully saturated rings. The smallest absolute Gasteiger partial charge is 0.180 e. The highest BCUT2D eigenvalue weighted by Crippen LogP contribution is 2.58. The maximum Gasteiger partial charge on any atom is 0.180 e. The lowest BCUT2D eigenvalue weighted by Crippen LogP contribution is -2.18. The van der Waals surface area contributed by atoms with Gasteiger partial charge in [-0.05, 0) is 117 Å². The summed E-state index contributed by atoms with van der Waals surface area (Å²) in [5.74, 6) is 2.55. The maximum atomic E-state index is 7.15. The Labute approximate surface area is 360 Å². The monoisotopic (exact) mass is 793 g/mol. The topological polar surface area (TPSA) is 20.6 Å². The third-order valence-corrected chi connectivity index (χ3v) is 12.2. The molecule has 0 aliphatic carbocycles. The van der Waals surface area contributed by atoms with Crippen molar-refractivity contribution in [1.29, 1.82) is 0 Å². The standard InChI is InChI=1S/C58H39N3O/c1-3-20-44(21-4-1)60-52-28-11-12-31-55(52)62-57-56-53(29-15-30-54(56)61(58(57)60)45-22-5-2-6-23-45)59(46-36-32-42(33-37-46)50-26-13-18-40-16-7-9-24-48(40)50)47-38-34-43(35-39-47)51-27-14-19-41-17-8-10-25-49(41)51/h1-39H. The second-order valence-corrected chi connectivity index (χ2v) is 15.7. The number of fused-ring (bicyclic) bond motifs is 6. The average Bonchev–Trinajstić information content (AvgIpc) is 3.68. The summed E-state index contributed by atoms with van der Waals surface area (Å²) in [5.41, 5.74) is 12.0. The van der Waals surface area contributed by atoms with Gasteiger partial charge in [0.15, 0.2) is 17.3 Å². The van der Waals surface area contributed by atoms with Crippen LogP contribution < -0.4 is 14.5 Å². The van der Waals surface area contributed by atoms with Crippen LogP contribution in [0.25, 0.3) is 60.4 Å². The van der Waals surface area contributed by atoms with E-state index in [1.165, 1.54) is 43.8 Å². The fourth-order valence-corrected chi connectivity index (χ4v) is 9.35. The summed E-state index contributed by atoms with van der Waals surface area (Å²) in [6.45, 7) is 0. The molecule has 0 unspecified atom stereocenters. The highest BCUT2D eigenvalue weighted by atomic mass is 16.5. The Morgan fingerprint density at radius 1 is 0.387 bits per heavy atom. The molecule has 62 heavy (non-hydrogen) atoms. The molecule has 0 spiro atoms. The Kier molecular flexibility index (Phi) is 8.46. The molecule has 292 valence electrons. The summed E-state index contributed by atoms with van der Waals surface area (Å²) >= 11 is 0. The van der Waals surface area contributed by atoms with E-state index in [-0.39, 0.29) is 0 Å². The van der Waals surface area contributed by atoms with Crippen LogP contribution in [0.2, 0.25) is 0 Å². The minimum absolute atomic E-state index is 0.798. The summed E-state index contributed by atoms with van der Waals surface area (Å²) in [6, 6.07) is 84.5. The molecule has 4 heteroatoms. The van der Waals surface area contributed by atoms with Crippen LogP contribution in [0, 0.1) is 0 Å². The Hall–Kier alpha value is -8.34. The lowest BCUT2D eigenvalue weighted by Gasteiger charge is -2.33. The first-order valence-corrected chi connectivity index (χ1v) is 21.1. The molecular weight excluding hydrogens is 755 g/mol. The van der Waals surface area contributed by atoms with Gasteiger partial charge in [0, 0.05) is 22.7 Å². The van der Waals surface area contributed by atoms with E-state index in [0.29, 0.717) is 0 Å². The highest BCUT2D eigenvalue weighted by Gasteiger charge is 2.35. The van der Waals surface area contributed by atoms with E-state index in [9.17, 15) is 0 Å². The predicted octanol–water partition coefficient (Wildman–Crippen LogP) is 16.3. The van der Waals surface area contributed by atoms with Crippen molar-refractivity contribution in [2.75, 3.05) is 9.80 Å². The highest BCUT2D eigenvalue weighted by molar-refractivity contribution is 6.09. The quantitative estimate of drug-likeness (QED) is 0.160. The molecule has 0 amide bonds. The van der Waals surface area contributed by atoms with Crippen LogP contribution in [0.3, 0.4) is 0 Å². The van der Waals surface area contributed by atoms with Gasteiger partial charge in [-0.1, -0.05) is 164 Å². The average molecular weight is 794 g/mol. The van der Waals surface area contributed by atoms with Crippen molar-refractivity contribution in [1.82, 2.24) is 4.57 Å². The Balaban J connectivity index is 1.10. The third-order valence-electron chi connectivity index (χ3n) is 12.2. The van der Waals surface area contributed by atoms with Gasteiger partial charge in [0.1, 0.15) is 0 Å². The van der Waals surface area contributed by atoms with Crippen molar-refractivity contribution < 1.29 is 4.74 Å². The summed E-state index contributed by atoms with van der Waals surface area (Å²) in [6.07, 6.45) is 0. The van der Waals surface area contributed by atoms with Crippen LogP contribution in [0.15, 0.2) is 237 Å². The lowest BCUT2D eigenvalue weighted by molar-refractivity contribution is 0.481. The second kappa shape index (κ2) is 14.7. The molecule has 0 bridgehead atoms. The summed E-state index contributed by atoms with van der Waals surface area (Å²) in [5, 5.41) is 5.95. The zero-order valence-electron chi connectivity index (χ0n) is 33.8. The van der Waals surface area contributed by atoms with Crippen molar-refractivity contribution in [3.8, 4) is 39.4 Å². The van der Waals surface area contributed by atoms with E-state index >= 15 is 0 Å².